The Morgan fingerprint density at radius 2 is 2.05 bits per heavy atom. The maximum atomic E-state index is 13.0. The number of rotatable bonds is 7. The molecule has 1 aromatic heterocycles. The number of nitrogens with zero attached hydrogens (tertiary/aromatic N) is 3. The van der Waals surface area contributed by atoms with Crippen LogP contribution in [0.15, 0.2) is 30.6 Å². The SMILES string of the molecule is C[C@H]1C(=O)CCCCOc2cc3c(ncnc3cc2OCCCNCCO)Nc2c(ccc3c2OCO3)CN1C. The number of aliphatic hydroxyl groups excluding tert-OH is 1. The van der Waals surface area contributed by atoms with Crippen molar-refractivity contribution >= 4 is 28.2 Å². The van der Waals surface area contributed by atoms with Crippen molar-refractivity contribution in [3.63, 3.8) is 0 Å². The molecule has 3 heterocycles. The average Bonchev–Trinajstić information content (AvgIpc) is 3.44. The van der Waals surface area contributed by atoms with Gasteiger partial charge in [0.1, 0.15) is 17.9 Å². The lowest BCUT2D eigenvalue weighted by Gasteiger charge is -2.25. The number of carbonyl (C=O) groups is 1. The Morgan fingerprint density at radius 3 is 2.92 bits per heavy atom. The minimum absolute atomic E-state index is 0.104. The van der Waals surface area contributed by atoms with Gasteiger partial charge in [-0.25, -0.2) is 9.97 Å². The molecule has 0 aliphatic carbocycles. The molecule has 2 aliphatic rings. The van der Waals surface area contributed by atoms with E-state index in [4.69, 9.17) is 24.1 Å². The Hall–Kier alpha value is -3.67. The minimum atomic E-state index is -0.238. The van der Waals surface area contributed by atoms with Crippen molar-refractivity contribution < 1.29 is 28.8 Å². The number of Topliss-reactive ketones (excluding diaryl/α,β-unsaturated/α-hetero) is 1. The maximum Gasteiger partial charge on any atom is 0.231 e. The summed E-state index contributed by atoms with van der Waals surface area (Å²) in [6.07, 6.45) is 4.25. The number of aromatic nitrogens is 2. The Balaban J connectivity index is 1.51. The molecule has 0 saturated heterocycles. The fourth-order valence-electron chi connectivity index (χ4n) is 4.82. The van der Waals surface area contributed by atoms with E-state index in [-0.39, 0.29) is 25.2 Å². The first-order chi connectivity index (χ1) is 19.5. The molecule has 0 radical (unpaired) electrons. The Kier molecular flexibility index (Phi) is 9.15. The fraction of sp³-hybridized carbons (Fsp3) is 0.483. The zero-order valence-electron chi connectivity index (χ0n) is 23.1. The molecule has 40 heavy (non-hydrogen) atoms. The smallest absolute Gasteiger partial charge is 0.231 e. The summed E-state index contributed by atoms with van der Waals surface area (Å²) in [6.45, 7) is 4.95. The molecule has 2 aromatic carbocycles. The van der Waals surface area contributed by atoms with E-state index in [1.807, 2.05) is 43.1 Å². The van der Waals surface area contributed by atoms with E-state index >= 15 is 0 Å². The first-order valence-corrected chi connectivity index (χ1v) is 13.8. The van der Waals surface area contributed by atoms with Crippen LogP contribution in [0.2, 0.25) is 0 Å². The van der Waals surface area contributed by atoms with Crippen LogP contribution in [0.1, 0.15) is 38.2 Å². The number of ketones is 1. The molecule has 1 atom stereocenters. The molecule has 0 fully saturated rings. The van der Waals surface area contributed by atoms with Gasteiger partial charge in [-0.2, -0.15) is 0 Å². The molecule has 0 saturated carbocycles. The van der Waals surface area contributed by atoms with Gasteiger partial charge in [-0.1, -0.05) is 6.07 Å². The Bertz CT molecular complexity index is 1340. The summed E-state index contributed by atoms with van der Waals surface area (Å²) in [5, 5.41) is 16.4. The largest absolute Gasteiger partial charge is 0.490 e. The Morgan fingerprint density at radius 1 is 1.15 bits per heavy atom. The second kappa shape index (κ2) is 13.1. The third kappa shape index (κ3) is 6.38. The zero-order valence-corrected chi connectivity index (χ0v) is 23.1. The molecular weight excluding hydrogens is 514 g/mol. The summed E-state index contributed by atoms with van der Waals surface area (Å²) in [7, 11) is 1.96. The number of anilines is 2. The summed E-state index contributed by atoms with van der Waals surface area (Å²) in [4.78, 5) is 24.1. The van der Waals surface area contributed by atoms with Crippen LogP contribution in [0.25, 0.3) is 10.9 Å². The van der Waals surface area contributed by atoms with Crippen molar-refractivity contribution in [2.75, 3.05) is 52.1 Å². The predicted octanol–water partition coefficient (Wildman–Crippen LogP) is 3.41. The lowest BCUT2D eigenvalue weighted by atomic mass is 10.0. The quantitative estimate of drug-likeness (QED) is 0.374. The third-order valence-corrected chi connectivity index (χ3v) is 7.24. The lowest BCUT2D eigenvalue weighted by molar-refractivity contribution is -0.123. The molecule has 0 spiro atoms. The number of carbonyl (C=O) groups excluding carboxylic acids is 1. The number of aliphatic hydroxyl groups is 1. The van der Waals surface area contributed by atoms with Crippen molar-refractivity contribution in [3.05, 3.63) is 36.2 Å². The van der Waals surface area contributed by atoms with Crippen molar-refractivity contribution in [3.8, 4) is 23.0 Å². The zero-order chi connectivity index (χ0) is 27.9. The van der Waals surface area contributed by atoms with E-state index in [9.17, 15) is 4.79 Å². The van der Waals surface area contributed by atoms with Gasteiger partial charge in [0.15, 0.2) is 23.0 Å². The van der Waals surface area contributed by atoms with E-state index in [1.54, 1.807) is 0 Å². The number of fused-ring (bicyclic) bond motifs is 4. The number of benzene rings is 2. The highest BCUT2D eigenvalue weighted by molar-refractivity contribution is 5.94. The van der Waals surface area contributed by atoms with Gasteiger partial charge in [-0.15, -0.1) is 0 Å². The summed E-state index contributed by atoms with van der Waals surface area (Å²) in [5.74, 6) is 3.26. The fourth-order valence-corrected chi connectivity index (χ4v) is 4.82. The summed E-state index contributed by atoms with van der Waals surface area (Å²) in [5.41, 5.74) is 2.41. The van der Waals surface area contributed by atoms with Crippen LogP contribution >= 0.6 is 0 Å². The van der Waals surface area contributed by atoms with Gasteiger partial charge < -0.3 is 34.7 Å². The van der Waals surface area contributed by atoms with Crippen LogP contribution in [0.4, 0.5) is 11.5 Å². The van der Waals surface area contributed by atoms with Gasteiger partial charge in [-0.05, 0) is 57.5 Å². The standard InChI is InChI=1S/C29H37N5O6/c1-19-23(36)6-3-4-12-37-25-14-21-22(15-26(25)38-13-5-9-30-10-11-35)31-17-32-29(21)33-27-20(16-34(19)2)7-8-24-28(27)40-18-39-24/h7-8,14-15,17,19,30,35H,3-6,9-13,16,18H2,1-2H3,(H,31,32,33)/t19-/m0/s1. The highest BCUT2D eigenvalue weighted by atomic mass is 16.7. The monoisotopic (exact) mass is 551 g/mol. The van der Waals surface area contributed by atoms with Crippen molar-refractivity contribution in [1.29, 1.82) is 0 Å². The van der Waals surface area contributed by atoms with E-state index < -0.39 is 0 Å². The van der Waals surface area contributed by atoms with Gasteiger partial charge in [0, 0.05) is 31.0 Å². The van der Waals surface area contributed by atoms with E-state index in [1.165, 1.54) is 6.33 Å². The molecule has 11 nitrogen and oxygen atoms in total. The summed E-state index contributed by atoms with van der Waals surface area (Å²) >= 11 is 0. The lowest BCUT2D eigenvalue weighted by Crippen LogP contribution is -2.35. The molecule has 2 aliphatic heterocycles. The molecule has 214 valence electrons. The summed E-state index contributed by atoms with van der Waals surface area (Å²) in [6, 6.07) is 7.43. The van der Waals surface area contributed by atoms with Crippen LogP contribution in [0.5, 0.6) is 23.0 Å². The maximum absolute atomic E-state index is 13.0. The molecule has 11 heteroatoms. The van der Waals surface area contributed by atoms with Crippen LogP contribution in [-0.4, -0.2) is 78.6 Å². The molecule has 5 rings (SSSR count). The van der Waals surface area contributed by atoms with Gasteiger partial charge in [-0.3, -0.25) is 9.69 Å². The first-order valence-electron chi connectivity index (χ1n) is 13.8. The second-order valence-electron chi connectivity index (χ2n) is 10.0. The molecular formula is C29H37N5O6. The first kappa shape index (κ1) is 27.9. The van der Waals surface area contributed by atoms with Gasteiger partial charge in [0.05, 0.1) is 37.1 Å². The highest BCUT2D eigenvalue weighted by Gasteiger charge is 2.25. The molecule has 0 unspecified atom stereocenters. The van der Waals surface area contributed by atoms with Crippen molar-refractivity contribution in [2.45, 2.75) is 45.2 Å². The third-order valence-electron chi connectivity index (χ3n) is 7.24. The van der Waals surface area contributed by atoms with E-state index in [0.29, 0.717) is 67.1 Å². The number of likely N-dealkylation sites (N-methyl/N-ethyl adjacent to an activating group) is 1. The van der Waals surface area contributed by atoms with Gasteiger partial charge in [0.25, 0.3) is 0 Å². The number of nitrogens with one attached hydrogen (secondary N) is 2. The highest BCUT2D eigenvalue weighted by Crippen LogP contribution is 2.44. The van der Waals surface area contributed by atoms with Crippen LogP contribution in [-0.2, 0) is 11.3 Å². The molecule has 2 bridgehead atoms. The normalized spacial score (nSPS) is 17.9. The van der Waals surface area contributed by atoms with Crippen LogP contribution in [0, 0.1) is 0 Å². The second-order valence-corrected chi connectivity index (χ2v) is 10.0. The molecule has 3 N–H and O–H groups in total. The number of hydrogen-bond donors (Lipinski definition) is 3. The molecule has 0 amide bonds. The summed E-state index contributed by atoms with van der Waals surface area (Å²) < 4.78 is 23.8. The number of ether oxygens (including phenoxy) is 4. The number of hydrogen-bond acceptors (Lipinski definition) is 11. The van der Waals surface area contributed by atoms with E-state index in [0.717, 1.165) is 42.4 Å². The van der Waals surface area contributed by atoms with Crippen molar-refractivity contribution in [2.24, 2.45) is 0 Å². The molecule has 3 aromatic rings. The van der Waals surface area contributed by atoms with Crippen molar-refractivity contribution in [1.82, 2.24) is 20.2 Å². The minimum Gasteiger partial charge on any atom is -0.490 e. The average molecular weight is 552 g/mol. The van der Waals surface area contributed by atoms with Crippen LogP contribution < -0.4 is 29.6 Å². The van der Waals surface area contributed by atoms with Gasteiger partial charge >= 0.3 is 0 Å². The van der Waals surface area contributed by atoms with E-state index in [2.05, 4.69) is 20.6 Å². The predicted molar refractivity (Wildman–Crippen MR) is 151 cm³/mol. The Labute approximate surface area is 233 Å². The van der Waals surface area contributed by atoms with Gasteiger partial charge in [0.2, 0.25) is 6.79 Å². The van der Waals surface area contributed by atoms with Crippen LogP contribution in [0.3, 0.4) is 0 Å². The topological polar surface area (TPSA) is 127 Å².